The predicted molar refractivity (Wildman–Crippen MR) is 94.2 cm³/mol. The zero-order valence-corrected chi connectivity index (χ0v) is 14.9. The van der Waals surface area contributed by atoms with Gasteiger partial charge < -0.3 is 20.0 Å². The van der Waals surface area contributed by atoms with E-state index in [2.05, 4.69) is 10.5 Å². The van der Waals surface area contributed by atoms with Crippen molar-refractivity contribution in [2.24, 2.45) is 10.6 Å². The molecule has 1 fully saturated rings. The smallest absolute Gasteiger partial charge is 0.226 e. The van der Waals surface area contributed by atoms with E-state index in [1.165, 1.54) is 12.1 Å². The fourth-order valence-electron chi connectivity index (χ4n) is 3.53. The Morgan fingerprint density at radius 3 is 2.92 bits per heavy atom. The highest BCUT2D eigenvalue weighted by atomic mass is 19.1. The average Bonchev–Trinajstić information content (AvgIpc) is 3.08. The van der Waals surface area contributed by atoms with Crippen molar-refractivity contribution in [2.45, 2.75) is 44.8 Å². The molecule has 0 radical (unpaired) electrons. The van der Waals surface area contributed by atoms with Gasteiger partial charge in [-0.05, 0) is 31.9 Å². The number of nitrogens with zero attached hydrogens (tertiary/aromatic N) is 1. The zero-order valence-electron chi connectivity index (χ0n) is 14.9. The molecule has 6 nitrogen and oxygen atoms in total. The maximum atomic E-state index is 13.4. The molecule has 0 saturated carbocycles. The zero-order chi connectivity index (χ0) is 18.6. The van der Waals surface area contributed by atoms with Crippen LogP contribution in [0.2, 0.25) is 0 Å². The first kappa shape index (κ1) is 18.8. The van der Waals surface area contributed by atoms with Crippen LogP contribution in [-0.4, -0.2) is 48.7 Å². The second-order valence-electron chi connectivity index (χ2n) is 7.14. The fourth-order valence-corrected chi connectivity index (χ4v) is 3.53. The van der Waals surface area contributed by atoms with Crippen molar-refractivity contribution >= 4 is 11.6 Å². The molecule has 0 bridgehead atoms. The van der Waals surface area contributed by atoms with Gasteiger partial charge in [0.2, 0.25) is 5.91 Å². The maximum Gasteiger partial charge on any atom is 0.226 e. The van der Waals surface area contributed by atoms with Gasteiger partial charge in [-0.2, -0.15) is 0 Å². The summed E-state index contributed by atoms with van der Waals surface area (Å²) in [6, 6.07) is 6.27. The van der Waals surface area contributed by atoms with Crippen LogP contribution < -0.4 is 5.32 Å². The van der Waals surface area contributed by atoms with Gasteiger partial charge in [0, 0.05) is 38.2 Å². The number of carbonyl (C=O) groups excluding carboxylic acids is 1. The van der Waals surface area contributed by atoms with Crippen molar-refractivity contribution in [3.8, 4) is 0 Å². The van der Waals surface area contributed by atoms with E-state index in [0.29, 0.717) is 50.2 Å². The third-order valence-corrected chi connectivity index (χ3v) is 5.00. The number of rotatable bonds is 6. The summed E-state index contributed by atoms with van der Waals surface area (Å²) >= 11 is 0. The van der Waals surface area contributed by atoms with Crippen molar-refractivity contribution in [3.05, 3.63) is 35.6 Å². The second-order valence-corrected chi connectivity index (χ2v) is 7.14. The van der Waals surface area contributed by atoms with E-state index in [1.807, 2.05) is 0 Å². The summed E-state index contributed by atoms with van der Waals surface area (Å²) in [6.07, 6.45) is 1.44. The van der Waals surface area contributed by atoms with Crippen LogP contribution in [-0.2, 0) is 14.4 Å². The number of nitrogens with one attached hydrogen (secondary N) is 1. The quantitative estimate of drug-likeness (QED) is 0.809. The highest BCUT2D eigenvalue weighted by Crippen LogP contribution is 2.38. The first-order chi connectivity index (χ1) is 12.5. The van der Waals surface area contributed by atoms with Gasteiger partial charge >= 0.3 is 0 Å². The number of hydrogen-bond acceptors (Lipinski definition) is 5. The maximum absolute atomic E-state index is 13.4. The Hall–Kier alpha value is -1.99. The molecule has 2 aliphatic rings. The summed E-state index contributed by atoms with van der Waals surface area (Å²) in [5.41, 5.74) is 0.804. The number of carbonyl (C=O) groups is 1. The molecule has 7 heteroatoms. The number of oxime groups is 1. The molecule has 1 amide bonds. The monoisotopic (exact) mass is 364 g/mol. The third-order valence-electron chi connectivity index (χ3n) is 5.00. The lowest BCUT2D eigenvalue weighted by Crippen LogP contribution is -2.48. The predicted octanol–water partition coefficient (Wildman–Crippen LogP) is 2.00. The normalized spacial score (nSPS) is 23.0. The first-order valence-corrected chi connectivity index (χ1v) is 9.01. The summed E-state index contributed by atoms with van der Waals surface area (Å²) in [5.74, 6) is -0.392. The van der Waals surface area contributed by atoms with Crippen molar-refractivity contribution in [1.29, 1.82) is 0 Å². The molecule has 2 N–H and O–H groups in total. The average molecular weight is 364 g/mol. The number of hydrogen-bond donors (Lipinski definition) is 2. The molecule has 2 aliphatic heterocycles. The molecule has 142 valence electrons. The largest absolute Gasteiger partial charge is 0.392 e. The topological polar surface area (TPSA) is 80.2 Å². The molecule has 1 saturated heterocycles. The minimum Gasteiger partial charge on any atom is -0.392 e. The lowest BCUT2D eigenvalue weighted by Gasteiger charge is -2.37. The van der Waals surface area contributed by atoms with Crippen LogP contribution in [0.15, 0.2) is 29.4 Å². The standard InChI is InChI=1S/C19H25FN2O4/c1-13(23)12-21-18(24)19(5-7-25-8-6-19)11-16-10-17(22-26-16)14-3-2-4-15(20)9-14/h2-4,9,13,16,23H,5-8,10-12H2,1H3,(H,21,24). The van der Waals surface area contributed by atoms with Crippen LogP contribution in [0.4, 0.5) is 4.39 Å². The van der Waals surface area contributed by atoms with Gasteiger partial charge in [-0.3, -0.25) is 4.79 Å². The van der Waals surface area contributed by atoms with E-state index in [1.54, 1.807) is 19.1 Å². The molecule has 2 atom stereocenters. The van der Waals surface area contributed by atoms with Crippen LogP contribution in [0.1, 0.15) is 38.2 Å². The van der Waals surface area contributed by atoms with Crippen molar-refractivity contribution < 1.29 is 23.9 Å². The van der Waals surface area contributed by atoms with Crippen molar-refractivity contribution in [1.82, 2.24) is 5.32 Å². The number of aliphatic hydroxyl groups is 1. The Kier molecular flexibility index (Phi) is 5.88. The lowest BCUT2D eigenvalue weighted by atomic mass is 9.74. The molecule has 0 aromatic heterocycles. The molecular weight excluding hydrogens is 339 g/mol. The molecule has 0 spiro atoms. The van der Waals surface area contributed by atoms with Gasteiger partial charge in [-0.25, -0.2) is 4.39 Å². The van der Waals surface area contributed by atoms with E-state index in [9.17, 15) is 14.3 Å². The number of ether oxygens (including phenoxy) is 1. The van der Waals surface area contributed by atoms with Gasteiger partial charge in [0.1, 0.15) is 11.9 Å². The van der Waals surface area contributed by atoms with Crippen molar-refractivity contribution in [3.63, 3.8) is 0 Å². The van der Waals surface area contributed by atoms with Gasteiger partial charge in [0.15, 0.2) is 0 Å². The summed E-state index contributed by atoms with van der Waals surface area (Å²) < 4.78 is 18.9. The highest BCUT2D eigenvalue weighted by molar-refractivity contribution is 6.01. The van der Waals surface area contributed by atoms with Crippen molar-refractivity contribution in [2.75, 3.05) is 19.8 Å². The molecule has 3 rings (SSSR count). The Morgan fingerprint density at radius 1 is 1.46 bits per heavy atom. The van der Waals surface area contributed by atoms with E-state index in [4.69, 9.17) is 9.57 Å². The minimum atomic E-state index is -0.596. The van der Waals surface area contributed by atoms with Crippen LogP contribution >= 0.6 is 0 Å². The Labute approximate surface area is 152 Å². The number of amides is 1. The third kappa shape index (κ3) is 4.40. The van der Waals surface area contributed by atoms with E-state index < -0.39 is 11.5 Å². The van der Waals surface area contributed by atoms with Crippen LogP contribution in [0.3, 0.4) is 0 Å². The summed E-state index contributed by atoms with van der Waals surface area (Å²) in [4.78, 5) is 18.3. The summed E-state index contributed by atoms with van der Waals surface area (Å²) in [7, 11) is 0. The molecule has 2 heterocycles. The van der Waals surface area contributed by atoms with E-state index in [0.717, 1.165) is 0 Å². The van der Waals surface area contributed by atoms with Gasteiger partial charge in [-0.15, -0.1) is 0 Å². The fraction of sp³-hybridized carbons (Fsp3) is 0.579. The van der Waals surface area contributed by atoms with E-state index >= 15 is 0 Å². The number of aliphatic hydroxyl groups excluding tert-OH is 1. The lowest BCUT2D eigenvalue weighted by molar-refractivity contribution is -0.140. The number of benzene rings is 1. The SMILES string of the molecule is CC(O)CNC(=O)C1(CC2CC(c3cccc(F)c3)=NO2)CCOCC1. The molecule has 0 aliphatic carbocycles. The molecule has 1 aromatic carbocycles. The first-order valence-electron chi connectivity index (χ1n) is 9.01. The molecule has 1 aromatic rings. The highest BCUT2D eigenvalue weighted by Gasteiger charge is 2.43. The van der Waals surface area contributed by atoms with Gasteiger partial charge in [-0.1, -0.05) is 17.3 Å². The van der Waals surface area contributed by atoms with Crippen LogP contribution in [0.5, 0.6) is 0 Å². The Morgan fingerprint density at radius 2 is 2.23 bits per heavy atom. The molecule has 26 heavy (non-hydrogen) atoms. The van der Waals surface area contributed by atoms with Gasteiger partial charge in [0.25, 0.3) is 0 Å². The van der Waals surface area contributed by atoms with Crippen LogP contribution in [0.25, 0.3) is 0 Å². The Bertz CT molecular complexity index is 671. The van der Waals surface area contributed by atoms with Gasteiger partial charge in [0.05, 0.1) is 17.2 Å². The summed E-state index contributed by atoms with van der Waals surface area (Å²) in [6.45, 7) is 2.90. The van der Waals surface area contributed by atoms with Crippen LogP contribution in [0, 0.1) is 11.2 Å². The second kappa shape index (κ2) is 8.14. The molecular formula is C19H25FN2O4. The molecule has 2 unspecified atom stereocenters. The van der Waals surface area contributed by atoms with E-state index in [-0.39, 0.29) is 24.4 Å². The minimum absolute atomic E-state index is 0.0792. The Balaban J connectivity index is 1.66. The number of halogens is 1. The summed E-state index contributed by atoms with van der Waals surface area (Å²) in [5, 5.41) is 16.4.